The van der Waals surface area contributed by atoms with E-state index in [1.54, 1.807) is 29.2 Å². The molecule has 1 fully saturated rings. The molecule has 1 aliphatic rings. The first-order valence-corrected chi connectivity index (χ1v) is 8.79. The van der Waals surface area contributed by atoms with Gasteiger partial charge in [0.1, 0.15) is 11.6 Å². The summed E-state index contributed by atoms with van der Waals surface area (Å²) in [6.45, 7) is 7.73. The van der Waals surface area contributed by atoms with Crippen LogP contribution in [0, 0.1) is 5.82 Å². The van der Waals surface area contributed by atoms with Crippen molar-refractivity contribution in [2.24, 2.45) is 0 Å². The Morgan fingerprint density at radius 1 is 1.15 bits per heavy atom. The van der Waals surface area contributed by atoms with Crippen LogP contribution >= 0.6 is 0 Å². The van der Waals surface area contributed by atoms with Crippen LogP contribution in [-0.4, -0.2) is 53.7 Å². The highest BCUT2D eigenvalue weighted by Crippen LogP contribution is 2.23. The number of amides is 1. The van der Waals surface area contributed by atoms with E-state index in [0.29, 0.717) is 31.1 Å². The molecule has 0 atom stereocenters. The quantitative estimate of drug-likeness (QED) is 0.857. The Morgan fingerprint density at radius 3 is 2.46 bits per heavy atom. The van der Waals surface area contributed by atoms with E-state index < -0.39 is 0 Å². The van der Waals surface area contributed by atoms with Crippen LogP contribution in [0.5, 0.6) is 0 Å². The second kappa shape index (κ2) is 7.78. The molecule has 2 heterocycles. The average molecular weight is 357 g/mol. The molecule has 1 saturated heterocycles. The number of nitrogens with one attached hydrogen (secondary N) is 2. The van der Waals surface area contributed by atoms with Crippen LogP contribution in [0.2, 0.25) is 0 Å². The average Bonchev–Trinajstić information content (AvgIpc) is 2.67. The van der Waals surface area contributed by atoms with E-state index in [1.807, 2.05) is 0 Å². The lowest BCUT2D eigenvalue weighted by Crippen LogP contribution is -2.46. The molecule has 0 saturated carbocycles. The van der Waals surface area contributed by atoms with Crippen molar-refractivity contribution in [2.75, 3.05) is 38.0 Å². The number of rotatable bonds is 5. The molecule has 0 spiro atoms. The summed E-state index contributed by atoms with van der Waals surface area (Å²) < 4.78 is 13.1. The lowest BCUT2D eigenvalue weighted by atomic mass is 9.84. The summed E-state index contributed by atoms with van der Waals surface area (Å²) in [6, 6.07) is 9.98. The van der Waals surface area contributed by atoms with Gasteiger partial charge < -0.3 is 15.5 Å². The van der Waals surface area contributed by atoms with Crippen LogP contribution in [0.4, 0.5) is 10.2 Å². The number of hydrogen-bond donors (Lipinski definition) is 2. The van der Waals surface area contributed by atoms with E-state index in [-0.39, 0.29) is 17.1 Å². The van der Waals surface area contributed by atoms with Gasteiger partial charge in [0, 0.05) is 38.1 Å². The monoisotopic (exact) mass is 357 g/mol. The second-order valence-corrected chi connectivity index (χ2v) is 7.09. The van der Waals surface area contributed by atoms with Crippen LogP contribution in [0.15, 0.2) is 36.4 Å². The van der Waals surface area contributed by atoms with E-state index in [9.17, 15) is 9.18 Å². The molecule has 138 valence electrons. The van der Waals surface area contributed by atoms with Crippen molar-refractivity contribution in [2.45, 2.75) is 19.3 Å². The van der Waals surface area contributed by atoms with Gasteiger partial charge in [-0.05, 0) is 29.8 Å². The molecule has 0 unspecified atom stereocenters. The highest BCUT2D eigenvalue weighted by Gasteiger charge is 2.22. The van der Waals surface area contributed by atoms with Crippen molar-refractivity contribution < 1.29 is 9.18 Å². The van der Waals surface area contributed by atoms with Gasteiger partial charge in [-0.2, -0.15) is 0 Å². The number of piperazine rings is 1. The van der Waals surface area contributed by atoms with Crippen molar-refractivity contribution in [1.29, 1.82) is 0 Å². The van der Waals surface area contributed by atoms with Gasteiger partial charge in [-0.3, -0.25) is 4.79 Å². The first kappa shape index (κ1) is 18.3. The first-order valence-electron chi connectivity index (χ1n) is 8.79. The number of halogens is 1. The molecule has 26 heavy (non-hydrogen) atoms. The number of carbonyl (C=O) groups excluding carboxylic acids is 1. The molecular weight excluding hydrogens is 333 g/mol. The lowest BCUT2D eigenvalue weighted by molar-refractivity contribution is 0.0728. The normalized spacial score (nSPS) is 15.0. The standard InChI is InChI=1S/C19H24FN5O/c1-19(2,14-3-5-15(20)6-4-14)13-22-17-8-7-16(23-24-17)18(26)25-11-9-21-10-12-25/h3-8,21H,9-13H2,1-2H3,(H,22,24). The summed E-state index contributed by atoms with van der Waals surface area (Å²) in [5, 5.41) is 14.6. The third-order valence-corrected chi connectivity index (χ3v) is 4.63. The van der Waals surface area contributed by atoms with Crippen LogP contribution in [-0.2, 0) is 5.41 Å². The van der Waals surface area contributed by atoms with Gasteiger partial charge in [-0.25, -0.2) is 4.39 Å². The lowest BCUT2D eigenvalue weighted by Gasteiger charge is -2.27. The molecule has 3 rings (SSSR count). The molecule has 6 nitrogen and oxygen atoms in total. The van der Waals surface area contributed by atoms with E-state index in [1.165, 1.54) is 12.1 Å². The maximum Gasteiger partial charge on any atom is 0.274 e. The molecule has 1 aromatic heterocycles. The van der Waals surface area contributed by atoms with E-state index >= 15 is 0 Å². The molecule has 1 aliphatic heterocycles. The Balaban J connectivity index is 1.60. The minimum atomic E-state index is -0.242. The molecule has 0 aliphatic carbocycles. The van der Waals surface area contributed by atoms with Gasteiger partial charge >= 0.3 is 0 Å². The largest absolute Gasteiger partial charge is 0.368 e. The predicted octanol–water partition coefficient (Wildman–Crippen LogP) is 2.05. The smallest absolute Gasteiger partial charge is 0.274 e. The van der Waals surface area contributed by atoms with Crippen LogP contribution in [0.3, 0.4) is 0 Å². The molecule has 7 heteroatoms. The maximum absolute atomic E-state index is 13.1. The number of carbonyl (C=O) groups is 1. The fourth-order valence-corrected chi connectivity index (χ4v) is 2.89. The zero-order valence-corrected chi connectivity index (χ0v) is 15.1. The molecule has 2 aromatic rings. The number of anilines is 1. The number of benzene rings is 1. The van der Waals surface area contributed by atoms with Crippen molar-refractivity contribution in [3.63, 3.8) is 0 Å². The summed E-state index contributed by atoms with van der Waals surface area (Å²) >= 11 is 0. The van der Waals surface area contributed by atoms with E-state index in [4.69, 9.17) is 0 Å². The highest BCUT2D eigenvalue weighted by atomic mass is 19.1. The van der Waals surface area contributed by atoms with Gasteiger partial charge in [0.25, 0.3) is 5.91 Å². The second-order valence-electron chi connectivity index (χ2n) is 7.09. The molecular formula is C19H24FN5O. The summed E-state index contributed by atoms with van der Waals surface area (Å²) in [6.07, 6.45) is 0. The fourth-order valence-electron chi connectivity index (χ4n) is 2.89. The molecule has 1 amide bonds. The van der Waals surface area contributed by atoms with Crippen molar-refractivity contribution in [1.82, 2.24) is 20.4 Å². The van der Waals surface area contributed by atoms with Crippen molar-refractivity contribution in [3.8, 4) is 0 Å². The van der Waals surface area contributed by atoms with Gasteiger partial charge in [0.15, 0.2) is 5.69 Å². The third kappa shape index (κ3) is 4.35. The van der Waals surface area contributed by atoms with Gasteiger partial charge in [0.05, 0.1) is 0 Å². The van der Waals surface area contributed by atoms with Crippen LogP contribution in [0.1, 0.15) is 29.9 Å². The van der Waals surface area contributed by atoms with Crippen LogP contribution < -0.4 is 10.6 Å². The Bertz CT molecular complexity index is 740. The molecule has 0 radical (unpaired) electrons. The fraction of sp³-hybridized carbons (Fsp3) is 0.421. The Morgan fingerprint density at radius 2 is 1.85 bits per heavy atom. The number of nitrogens with zero attached hydrogens (tertiary/aromatic N) is 3. The summed E-state index contributed by atoms with van der Waals surface area (Å²) in [4.78, 5) is 14.2. The minimum Gasteiger partial charge on any atom is -0.368 e. The topological polar surface area (TPSA) is 70.2 Å². The van der Waals surface area contributed by atoms with Gasteiger partial charge in [-0.15, -0.1) is 10.2 Å². The SMILES string of the molecule is CC(C)(CNc1ccc(C(=O)N2CCNCC2)nn1)c1ccc(F)cc1. The van der Waals surface area contributed by atoms with Gasteiger partial charge in [-0.1, -0.05) is 26.0 Å². The molecule has 0 bridgehead atoms. The Kier molecular flexibility index (Phi) is 5.46. The summed E-state index contributed by atoms with van der Waals surface area (Å²) in [5.74, 6) is 0.280. The Hall–Kier alpha value is -2.54. The summed E-state index contributed by atoms with van der Waals surface area (Å²) in [7, 11) is 0. The van der Waals surface area contributed by atoms with E-state index in [2.05, 4.69) is 34.7 Å². The van der Waals surface area contributed by atoms with Gasteiger partial charge in [0.2, 0.25) is 0 Å². The van der Waals surface area contributed by atoms with E-state index in [0.717, 1.165) is 18.7 Å². The summed E-state index contributed by atoms with van der Waals surface area (Å²) in [5.41, 5.74) is 1.19. The zero-order valence-electron chi connectivity index (χ0n) is 15.1. The predicted molar refractivity (Wildman–Crippen MR) is 98.7 cm³/mol. The minimum absolute atomic E-state index is 0.0859. The third-order valence-electron chi connectivity index (χ3n) is 4.63. The number of aromatic nitrogens is 2. The molecule has 1 aromatic carbocycles. The maximum atomic E-state index is 13.1. The number of hydrogen-bond acceptors (Lipinski definition) is 5. The first-order chi connectivity index (χ1) is 12.5. The highest BCUT2D eigenvalue weighted by molar-refractivity contribution is 5.92. The molecule has 2 N–H and O–H groups in total. The van der Waals surface area contributed by atoms with Crippen LogP contribution in [0.25, 0.3) is 0 Å². The Labute approximate surface area is 152 Å². The van der Waals surface area contributed by atoms with Crippen molar-refractivity contribution in [3.05, 3.63) is 53.5 Å². The van der Waals surface area contributed by atoms with Crippen molar-refractivity contribution >= 4 is 11.7 Å². The zero-order chi connectivity index (χ0) is 18.6.